The van der Waals surface area contributed by atoms with E-state index in [2.05, 4.69) is 27.8 Å². The Morgan fingerprint density at radius 3 is 1.87 bits per heavy atom. The predicted molar refractivity (Wildman–Crippen MR) is 88.4 cm³/mol. The van der Waals surface area contributed by atoms with Crippen LogP contribution in [0.4, 0.5) is 0 Å². The van der Waals surface area contributed by atoms with Gasteiger partial charge in [-0.05, 0) is 32.1 Å². The van der Waals surface area contributed by atoms with Crippen LogP contribution < -0.4 is 4.66 Å². The van der Waals surface area contributed by atoms with E-state index in [1.807, 2.05) is 0 Å². The Balaban J connectivity index is 0.000000841. The average molecular weight is 357 g/mol. The average Bonchev–Trinajstić information content (AvgIpc) is 2.32. The van der Waals surface area contributed by atoms with E-state index >= 15 is 0 Å². The summed E-state index contributed by atoms with van der Waals surface area (Å²) in [5, 5.41) is 0. The Bertz CT molecular complexity index is 283. The summed E-state index contributed by atoms with van der Waals surface area (Å²) in [6, 6.07) is 0.944. The van der Waals surface area contributed by atoms with Crippen LogP contribution in [0.3, 0.4) is 0 Å². The zero-order chi connectivity index (χ0) is 17.9. The molecule has 0 aromatic rings. The number of quaternary nitrogens is 1. The van der Waals surface area contributed by atoms with Gasteiger partial charge in [0.25, 0.3) is 0 Å². The van der Waals surface area contributed by atoms with Crippen LogP contribution in [0.2, 0.25) is 0 Å². The molecule has 0 saturated heterocycles. The topological polar surface area (TPSA) is 83.8 Å². The summed E-state index contributed by atoms with van der Waals surface area (Å²) >= 11 is 0. The molecule has 6 heteroatoms. The van der Waals surface area contributed by atoms with E-state index in [0.29, 0.717) is 0 Å². The van der Waals surface area contributed by atoms with E-state index in [1.54, 1.807) is 0 Å². The summed E-state index contributed by atoms with van der Waals surface area (Å²) in [6.45, 7) is 9.90. The molecule has 0 aromatic heterocycles. The molecule has 1 atom stereocenters. The molecule has 0 bridgehead atoms. The minimum absolute atomic E-state index is 0.831. The molecule has 1 rings (SSSR count). The zero-order valence-electron chi connectivity index (χ0n) is 15.5. The van der Waals surface area contributed by atoms with Crippen LogP contribution in [0.25, 0.3) is 0 Å². The first-order valence-corrected chi connectivity index (χ1v) is 10.4. The molecule has 1 fully saturated rings. The van der Waals surface area contributed by atoms with Crippen LogP contribution in [0.5, 0.6) is 0 Å². The Labute approximate surface area is 144 Å². The Morgan fingerprint density at radius 2 is 1.48 bits per heavy atom. The third-order valence-electron chi connectivity index (χ3n) is 4.76. The molecule has 1 aliphatic rings. The van der Waals surface area contributed by atoms with Crippen molar-refractivity contribution in [3.8, 4) is 0 Å². The van der Waals surface area contributed by atoms with E-state index in [1.165, 1.54) is 75.4 Å². The maximum absolute atomic E-state index is 8.83. The van der Waals surface area contributed by atoms with Crippen molar-refractivity contribution < 1.29 is 33.4 Å². The van der Waals surface area contributed by atoms with Gasteiger partial charge in [-0.3, -0.25) is 0 Å². The summed E-state index contributed by atoms with van der Waals surface area (Å²) in [6.07, 6.45) is 13.1. The van der Waals surface area contributed by atoms with Crippen molar-refractivity contribution in [3.63, 3.8) is 0 Å². The molecule has 3 N–H and O–H groups in total. The van der Waals surface area contributed by atoms with Crippen molar-refractivity contribution in [2.45, 2.75) is 84.6 Å². The number of nitrogens with zero attached hydrogens (tertiary/aromatic N) is 1. The molecule has 0 heterocycles. The van der Waals surface area contributed by atoms with Crippen molar-refractivity contribution >= 4 is 0 Å². The number of unbranched alkanes of at least 4 members (excludes halogenated alkanes) is 1. The Morgan fingerprint density at radius 1 is 1.04 bits per heavy atom. The van der Waals surface area contributed by atoms with E-state index < -0.39 is 10.2 Å². The third-order valence-corrected chi connectivity index (χ3v) is 4.76. The van der Waals surface area contributed by atoms with Crippen molar-refractivity contribution in [2.24, 2.45) is 5.92 Å². The second kappa shape index (κ2) is 11.6. The zero-order valence-corrected chi connectivity index (χ0v) is 16.3. The summed E-state index contributed by atoms with van der Waals surface area (Å²) in [4.78, 5) is 0. The van der Waals surface area contributed by atoms with Gasteiger partial charge in [0.2, 0.25) is 0 Å². The van der Waals surface area contributed by atoms with E-state index in [-0.39, 0.29) is 0 Å². The van der Waals surface area contributed by atoms with Gasteiger partial charge in [-0.15, -0.1) is 0 Å². The van der Waals surface area contributed by atoms with E-state index in [4.69, 9.17) is 18.6 Å². The van der Waals surface area contributed by atoms with Gasteiger partial charge < -0.3 is 4.48 Å². The molecule has 1 aliphatic carbocycles. The number of hydrogen-bond acceptors (Lipinski definition) is 4. The van der Waals surface area contributed by atoms with Gasteiger partial charge in [0.15, 0.2) is 0 Å². The van der Waals surface area contributed by atoms with Crippen LogP contribution in [0.1, 0.15) is 78.6 Å². The molecule has 0 spiro atoms. The molecule has 0 aromatic carbocycles. The molecule has 1 saturated carbocycles. The molecule has 0 radical (unpaired) electrons. The van der Waals surface area contributed by atoms with Gasteiger partial charge >= 0.3 is 28.9 Å². The number of hydrogen-bond donors (Lipinski definition) is 3. The van der Waals surface area contributed by atoms with Crippen LogP contribution >= 0.6 is 0 Å². The maximum atomic E-state index is 8.83. The van der Waals surface area contributed by atoms with Crippen LogP contribution in [0.15, 0.2) is 0 Å². The molecule has 1 unspecified atom stereocenters. The summed E-state index contributed by atoms with van der Waals surface area (Å²) in [5.74, 6) is 0.831. The Kier molecular flexibility index (Phi) is 11.7. The predicted octanol–water partition coefficient (Wildman–Crippen LogP) is 2.14. The van der Waals surface area contributed by atoms with Crippen molar-refractivity contribution in [3.05, 3.63) is 0 Å². The van der Waals surface area contributed by atoms with E-state index in [9.17, 15) is 0 Å². The molecule has 0 aliphatic heterocycles. The fourth-order valence-electron chi connectivity index (χ4n) is 3.83. The molecule has 5 nitrogen and oxygen atoms in total. The molecule has 142 valence electrons. The first kappa shape index (κ1) is 23.1. The van der Waals surface area contributed by atoms with Crippen molar-refractivity contribution in [1.82, 2.24) is 0 Å². The van der Waals surface area contributed by atoms with Crippen molar-refractivity contribution in [2.75, 3.05) is 20.1 Å². The van der Waals surface area contributed by atoms with Crippen molar-refractivity contribution in [1.29, 1.82) is 0 Å². The van der Waals surface area contributed by atoms with Gasteiger partial charge in [0, 0.05) is 5.92 Å². The van der Waals surface area contributed by atoms with E-state index in [0.717, 1.165) is 12.0 Å². The summed E-state index contributed by atoms with van der Waals surface area (Å²) in [5.41, 5.74) is 0. The summed E-state index contributed by atoms with van der Waals surface area (Å²) < 4.78 is 31.6. The minimum atomic E-state index is -4.19. The van der Waals surface area contributed by atoms with Crippen LogP contribution in [0, 0.1) is 16.2 Å². The summed E-state index contributed by atoms with van der Waals surface area (Å²) in [7, 11) is -1.65. The van der Waals surface area contributed by atoms with Gasteiger partial charge in [-0.2, -0.15) is 0 Å². The monoisotopic (exact) mass is 356 g/mol. The SMILES string of the molecule is CCCC[N+](C)(CC(C)C)C1CCCCCCC1.[O-][Cl+](O)(O)O. The van der Waals surface area contributed by atoms with Gasteiger partial charge in [-0.25, -0.2) is 0 Å². The van der Waals surface area contributed by atoms with Gasteiger partial charge in [0.1, 0.15) is 0 Å². The molecular weight excluding hydrogens is 318 g/mol. The first-order chi connectivity index (χ1) is 10.6. The first-order valence-electron chi connectivity index (χ1n) is 9.09. The Hall–Kier alpha value is 0.0900. The quantitative estimate of drug-likeness (QED) is 0.637. The molecule has 0 amide bonds. The molecular formula is C17H39ClNO4+. The second-order valence-electron chi connectivity index (χ2n) is 7.57. The van der Waals surface area contributed by atoms with Crippen LogP contribution in [-0.4, -0.2) is 44.6 Å². The number of halogens is 1. The fraction of sp³-hybridized carbons (Fsp3) is 1.00. The van der Waals surface area contributed by atoms with Gasteiger partial charge in [-0.1, -0.05) is 46.5 Å². The number of rotatable bonds is 6. The van der Waals surface area contributed by atoms with Gasteiger partial charge in [0.05, 0.1) is 26.2 Å². The molecule has 23 heavy (non-hydrogen) atoms. The second-order valence-corrected chi connectivity index (χ2v) is 8.43. The third kappa shape index (κ3) is 13.1. The standard InChI is InChI=1S/C17H36N.ClH3O4/c1-5-6-14-18(4,15-16(2)3)17-12-10-8-7-9-11-13-17;2-1(3,4)5/h16-17H,5-15H2,1-4H3;2-4H/q+1;. The van der Waals surface area contributed by atoms with Crippen LogP contribution in [-0.2, 0) is 0 Å². The fourth-order valence-corrected chi connectivity index (χ4v) is 3.83. The normalized spacial score (nSPS) is 20.9.